The molecule has 0 aromatic rings. The SMILES string of the molecule is N[C@H](C(=O)[O-])[C@H](O)C(=O)[O-]. The predicted octanol–water partition coefficient (Wildman–Crippen LogP) is -4.83. The van der Waals surface area contributed by atoms with Crippen molar-refractivity contribution in [1.82, 2.24) is 0 Å². The molecule has 0 rings (SSSR count). The van der Waals surface area contributed by atoms with E-state index in [1.807, 2.05) is 0 Å². The van der Waals surface area contributed by atoms with E-state index in [9.17, 15) is 19.8 Å². The zero-order valence-corrected chi connectivity index (χ0v) is 4.81. The second kappa shape index (κ2) is 3.14. The summed E-state index contributed by atoms with van der Waals surface area (Å²) in [7, 11) is 0. The van der Waals surface area contributed by atoms with Crippen molar-refractivity contribution in [2.75, 3.05) is 0 Å². The van der Waals surface area contributed by atoms with Crippen LogP contribution in [0.4, 0.5) is 0 Å². The van der Waals surface area contributed by atoms with E-state index in [2.05, 4.69) is 5.73 Å². The number of aliphatic hydroxyl groups excluding tert-OH is 1. The van der Waals surface area contributed by atoms with Crippen LogP contribution >= 0.6 is 0 Å². The third kappa shape index (κ3) is 2.00. The second-order valence-corrected chi connectivity index (χ2v) is 1.61. The van der Waals surface area contributed by atoms with Gasteiger partial charge in [-0.3, -0.25) is 0 Å². The van der Waals surface area contributed by atoms with Gasteiger partial charge in [0.1, 0.15) is 6.10 Å². The summed E-state index contributed by atoms with van der Waals surface area (Å²) in [5, 5.41) is 27.8. The Labute approximate surface area is 55.9 Å². The van der Waals surface area contributed by atoms with Gasteiger partial charge in [0.25, 0.3) is 0 Å². The lowest BCUT2D eigenvalue weighted by molar-refractivity contribution is -0.325. The maximum Gasteiger partial charge on any atom is 0.114 e. The van der Waals surface area contributed by atoms with Crippen molar-refractivity contribution in [3.05, 3.63) is 0 Å². The number of carbonyl (C=O) groups excluding carboxylic acids is 2. The van der Waals surface area contributed by atoms with Crippen LogP contribution in [-0.4, -0.2) is 29.2 Å². The monoisotopic (exact) mass is 147 g/mol. The number of rotatable bonds is 3. The van der Waals surface area contributed by atoms with Crippen molar-refractivity contribution in [3.8, 4) is 0 Å². The van der Waals surface area contributed by atoms with E-state index in [1.54, 1.807) is 0 Å². The number of carboxylic acid groups (broad SMARTS) is 2. The molecule has 10 heavy (non-hydrogen) atoms. The fourth-order valence-electron chi connectivity index (χ4n) is 0.276. The maximum absolute atomic E-state index is 9.76. The molecule has 58 valence electrons. The Balaban J connectivity index is 4.07. The number of carboxylic acids is 2. The van der Waals surface area contributed by atoms with Crippen LogP contribution in [0.3, 0.4) is 0 Å². The third-order valence-corrected chi connectivity index (χ3v) is 0.854. The predicted molar refractivity (Wildman–Crippen MR) is 24.0 cm³/mol. The van der Waals surface area contributed by atoms with Crippen LogP contribution in [0.1, 0.15) is 0 Å². The molecule has 0 amide bonds. The molecule has 0 aliphatic rings. The summed E-state index contributed by atoms with van der Waals surface area (Å²) in [5.74, 6) is -3.77. The van der Waals surface area contributed by atoms with Crippen LogP contribution in [0.2, 0.25) is 0 Å². The molecule has 0 aromatic heterocycles. The van der Waals surface area contributed by atoms with E-state index in [4.69, 9.17) is 5.11 Å². The highest BCUT2D eigenvalue weighted by Gasteiger charge is 2.15. The Morgan fingerprint density at radius 1 is 1.30 bits per heavy atom. The molecular formula is C4H5NO5-2. The molecule has 6 heteroatoms. The normalized spacial score (nSPS) is 15.8. The lowest BCUT2D eigenvalue weighted by atomic mass is 10.2. The molecule has 0 fully saturated rings. The van der Waals surface area contributed by atoms with Crippen LogP contribution < -0.4 is 15.9 Å². The van der Waals surface area contributed by atoms with Crippen molar-refractivity contribution >= 4 is 11.9 Å². The summed E-state index contributed by atoms with van der Waals surface area (Å²) in [6.07, 6.45) is -2.22. The summed E-state index contributed by atoms with van der Waals surface area (Å²) in [6, 6.07) is -1.94. The van der Waals surface area contributed by atoms with Crippen LogP contribution in [0.25, 0.3) is 0 Å². The number of nitrogens with two attached hydrogens (primary N) is 1. The van der Waals surface area contributed by atoms with Crippen LogP contribution in [0, 0.1) is 0 Å². The van der Waals surface area contributed by atoms with Gasteiger partial charge in [0.2, 0.25) is 0 Å². The molecule has 0 aliphatic heterocycles. The van der Waals surface area contributed by atoms with Gasteiger partial charge >= 0.3 is 0 Å². The van der Waals surface area contributed by atoms with Gasteiger partial charge in [0, 0.05) is 0 Å². The third-order valence-electron chi connectivity index (χ3n) is 0.854. The molecule has 3 N–H and O–H groups in total. The summed E-state index contributed by atoms with van der Waals surface area (Å²) < 4.78 is 0. The first-order chi connectivity index (χ1) is 4.46. The number of aliphatic hydroxyl groups is 1. The molecule has 6 nitrogen and oxygen atoms in total. The zero-order valence-electron chi connectivity index (χ0n) is 4.81. The molecule has 2 atom stereocenters. The van der Waals surface area contributed by atoms with Crippen molar-refractivity contribution in [3.63, 3.8) is 0 Å². The molecule has 0 unspecified atom stereocenters. The molecule has 0 radical (unpaired) electrons. The highest BCUT2D eigenvalue weighted by Crippen LogP contribution is 1.85. The molecule has 0 saturated heterocycles. The summed E-state index contributed by atoms with van der Waals surface area (Å²) in [6.45, 7) is 0. The topological polar surface area (TPSA) is 127 Å². The lowest BCUT2D eigenvalue weighted by Crippen LogP contribution is -2.55. The minimum Gasteiger partial charge on any atom is -0.548 e. The molecule has 0 spiro atoms. The first kappa shape index (κ1) is 8.86. The number of hydrogen-bond donors (Lipinski definition) is 2. The molecule has 0 aliphatic carbocycles. The van der Waals surface area contributed by atoms with E-state index in [-0.39, 0.29) is 0 Å². The van der Waals surface area contributed by atoms with Gasteiger partial charge in [-0.05, 0) is 0 Å². The highest BCUT2D eigenvalue weighted by molar-refractivity contribution is 5.81. The van der Waals surface area contributed by atoms with Crippen molar-refractivity contribution < 1.29 is 24.9 Å². The van der Waals surface area contributed by atoms with Crippen LogP contribution in [0.5, 0.6) is 0 Å². The molecular weight excluding hydrogens is 142 g/mol. The average molecular weight is 147 g/mol. The number of carbonyl (C=O) groups is 2. The molecule has 0 bridgehead atoms. The van der Waals surface area contributed by atoms with Gasteiger partial charge in [0.15, 0.2) is 0 Å². The molecule has 0 saturated carbocycles. The maximum atomic E-state index is 9.76. The van der Waals surface area contributed by atoms with E-state index >= 15 is 0 Å². The standard InChI is InChI=1S/C4H7NO5/c5-1(3(7)8)2(6)4(9)10/h1-2,6H,5H2,(H,7,8)(H,9,10)/p-2/t1-,2-/m0/s1. The fraction of sp³-hybridized carbons (Fsp3) is 0.500. The average Bonchev–Trinajstić information content (AvgIpc) is 1.84. The Bertz CT molecular complexity index is 138. The summed E-state index contributed by atoms with van der Waals surface area (Å²) >= 11 is 0. The number of aliphatic carboxylic acids is 2. The zero-order chi connectivity index (χ0) is 8.31. The minimum absolute atomic E-state index is 1.84. The first-order valence-corrected chi connectivity index (χ1v) is 2.32. The highest BCUT2D eigenvalue weighted by atomic mass is 16.4. The van der Waals surface area contributed by atoms with E-state index in [0.29, 0.717) is 0 Å². The molecule has 0 aromatic carbocycles. The van der Waals surface area contributed by atoms with Gasteiger partial charge in [0.05, 0.1) is 18.0 Å². The quantitative estimate of drug-likeness (QED) is 0.412. The molecule has 0 heterocycles. The van der Waals surface area contributed by atoms with Crippen molar-refractivity contribution in [2.45, 2.75) is 12.1 Å². The van der Waals surface area contributed by atoms with E-state index < -0.39 is 24.1 Å². The van der Waals surface area contributed by atoms with Crippen LogP contribution in [-0.2, 0) is 9.59 Å². The first-order valence-electron chi connectivity index (χ1n) is 2.32. The Morgan fingerprint density at radius 2 is 1.70 bits per heavy atom. The van der Waals surface area contributed by atoms with E-state index in [0.717, 1.165) is 0 Å². The summed E-state index contributed by atoms with van der Waals surface area (Å²) in [4.78, 5) is 19.5. The Morgan fingerprint density at radius 3 is 1.80 bits per heavy atom. The largest absolute Gasteiger partial charge is 0.548 e. The van der Waals surface area contributed by atoms with Gasteiger partial charge in [-0.25, -0.2) is 0 Å². The number of hydrogen-bond acceptors (Lipinski definition) is 6. The van der Waals surface area contributed by atoms with E-state index in [1.165, 1.54) is 0 Å². The lowest BCUT2D eigenvalue weighted by Gasteiger charge is -2.19. The Hall–Kier alpha value is -1.14. The smallest absolute Gasteiger partial charge is 0.114 e. The van der Waals surface area contributed by atoms with Gasteiger partial charge in [-0.15, -0.1) is 0 Å². The van der Waals surface area contributed by atoms with Gasteiger partial charge in [-0.2, -0.15) is 0 Å². The van der Waals surface area contributed by atoms with Gasteiger partial charge < -0.3 is 30.6 Å². The fourth-order valence-corrected chi connectivity index (χ4v) is 0.276. The summed E-state index contributed by atoms with van der Waals surface area (Å²) in [5.41, 5.74) is 4.63. The van der Waals surface area contributed by atoms with Crippen molar-refractivity contribution in [2.24, 2.45) is 5.73 Å². The Kier molecular flexibility index (Phi) is 2.78. The van der Waals surface area contributed by atoms with Gasteiger partial charge in [-0.1, -0.05) is 0 Å². The second-order valence-electron chi connectivity index (χ2n) is 1.61. The van der Waals surface area contributed by atoms with Crippen LogP contribution in [0.15, 0.2) is 0 Å². The van der Waals surface area contributed by atoms with Crippen molar-refractivity contribution in [1.29, 1.82) is 0 Å². The minimum atomic E-state index is -2.22.